The summed E-state index contributed by atoms with van der Waals surface area (Å²) in [5, 5.41) is 9.82. The largest absolute Gasteiger partial charge is 0.394 e. The lowest BCUT2D eigenvalue weighted by Gasteiger charge is -2.23. The number of aliphatic hydroxyl groups is 1. The Hall–Kier alpha value is -1.00. The molecule has 1 aromatic rings. The van der Waals surface area contributed by atoms with Gasteiger partial charge in [-0.3, -0.25) is 4.79 Å². The second-order valence-corrected chi connectivity index (χ2v) is 4.74. The zero-order valence-electron chi connectivity index (χ0n) is 9.90. The van der Waals surface area contributed by atoms with Gasteiger partial charge in [0.2, 0.25) is 0 Å². The first-order valence-electron chi connectivity index (χ1n) is 5.95. The first-order valence-corrected chi connectivity index (χ1v) is 6.32. The number of carbonyl (C=O) groups is 1. The molecule has 1 amide bonds. The van der Waals surface area contributed by atoms with E-state index in [0.29, 0.717) is 17.3 Å². The number of aromatic nitrogens is 1. The smallest absolute Gasteiger partial charge is 0.270 e. The average Bonchev–Trinajstić information content (AvgIpc) is 2.93. The molecule has 0 aromatic carbocycles. The molecule has 0 bridgehead atoms. The van der Waals surface area contributed by atoms with Crippen molar-refractivity contribution in [2.24, 2.45) is 0 Å². The minimum Gasteiger partial charge on any atom is -0.394 e. The van der Waals surface area contributed by atoms with E-state index in [9.17, 15) is 9.90 Å². The van der Waals surface area contributed by atoms with E-state index in [2.05, 4.69) is 0 Å². The normalized spacial score (nSPS) is 19.9. The summed E-state index contributed by atoms with van der Waals surface area (Å²) in [4.78, 5) is 14.1. The average molecular weight is 257 g/mol. The van der Waals surface area contributed by atoms with Gasteiger partial charge in [-0.2, -0.15) is 0 Å². The maximum atomic E-state index is 12.3. The van der Waals surface area contributed by atoms with Crippen LogP contribution in [0.15, 0.2) is 12.3 Å². The van der Waals surface area contributed by atoms with Gasteiger partial charge in [-0.05, 0) is 25.8 Å². The molecule has 2 rings (SSSR count). The number of aliphatic hydroxyl groups excluding tert-OH is 1. The number of likely N-dealkylation sites (tertiary alicyclic amines) is 1. The maximum absolute atomic E-state index is 12.3. The van der Waals surface area contributed by atoms with Gasteiger partial charge in [0.1, 0.15) is 5.69 Å². The zero-order valence-corrected chi connectivity index (χ0v) is 10.7. The summed E-state index contributed by atoms with van der Waals surface area (Å²) in [6.45, 7) is 3.44. The number of nitrogens with zero attached hydrogens (tertiary/aromatic N) is 2. The first kappa shape index (κ1) is 12.5. The van der Waals surface area contributed by atoms with Gasteiger partial charge in [0.15, 0.2) is 0 Å². The molecule has 0 saturated carbocycles. The van der Waals surface area contributed by atoms with Crippen LogP contribution in [-0.2, 0) is 6.54 Å². The van der Waals surface area contributed by atoms with E-state index in [0.717, 1.165) is 19.4 Å². The Labute approximate surface area is 106 Å². The van der Waals surface area contributed by atoms with Crippen LogP contribution in [0.1, 0.15) is 30.3 Å². The molecule has 0 aliphatic carbocycles. The van der Waals surface area contributed by atoms with Crippen LogP contribution in [-0.4, -0.2) is 39.7 Å². The van der Waals surface area contributed by atoms with Gasteiger partial charge >= 0.3 is 0 Å². The fraction of sp³-hybridized carbons (Fsp3) is 0.583. The summed E-state index contributed by atoms with van der Waals surface area (Å²) in [6.07, 6.45) is 3.60. The monoisotopic (exact) mass is 256 g/mol. The highest BCUT2D eigenvalue weighted by Gasteiger charge is 2.30. The molecule has 4 nitrogen and oxygen atoms in total. The Morgan fingerprint density at radius 3 is 3.06 bits per heavy atom. The van der Waals surface area contributed by atoms with Crippen molar-refractivity contribution in [1.29, 1.82) is 0 Å². The lowest BCUT2D eigenvalue weighted by molar-refractivity contribution is 0.0667. The molecule has 17 heavy (non-hydrogen) atoms. The Bertz CT molecular complexity index is 417. The van der Waals surface area contributed by atoms with Crippen LogP contribution in [0.2, 0.25) is 5.02 Å². The van der Waals surface area contributed by atoms with E-state index in [1.54, 1.807) is 17.2 Å². The first-order chi connectivity index (χ1) is 8.17. The molecule has 1 N–H and O–H groups in total. The van der Waals surface area contributed by atoms with Crippen LogP contribution in [0.5, 0.6) is 0 Å². The molecule has 0 unspecified atom stereocenters. The summed E-state index contributed by atoms with van der Waals surface area (Å²) in [7, 11) is 0. The summed E-state index contributed by atoms with van der Waals surface area (Å²) in [5.74, 6) is -0.0321. The van der Waals surface area contributed by atoms with Crippen LogP contribution >= 0.6 is 11.6 Å². The Balaban J connectivity index is 2.24. The van der Waals surface area contributed by atoms with Crippen molar-refractivity contribution >= 4 is 17.5 Å². The van der Waals surface area contributed by atoms with Crippen molar-refractivity contribution in [3.8, 4) is 0 Å². The van der Waals surface area contributed by atoms with Crippen molar-refractivity contribution in [3.05, 3.63) is 23.0 Å². The number of amides is 1. The summed E-state index contributed by atoms with van der Waals surface area (Å²) in [6, 6.07) is 1.65. The van der Waals surface area contributed by atoms with Gasteiger partial charge in [0.05, 0.1) is 17.7 Å². The van der Waals surface area contributed by atoms with Crippen LogP contribution < -0.4 is 0 Å². The predicted molar refractivity (Wildman–Crippen MR) is 66.3 cm³/mol. The van der Waals surface area contributed by atoms with Crippen LogP contribution in [0.4, 0.5) is 0 Å². The quantitative estimate of drug-likeness (QED) is 0.896. The minimum atomic E-state index is -0.0403. The number of aryl methyl sites for hydroxylation is 1. The van der Waals surface area contributed by atoms with E-state index in [1.807, 2.05) is 11.5 Å². The third-order valence-electron chi connectivity index (χ3n) is 3.27. The van der Waals surface area contributed by atoms with E-state index in [1.165, 1.54) is 0 Å². The van der Waals surface area contributed by atoms with Gasteiger partial charge in [0, 0.05) is 19.3 Å². The van der Waals surface area contributed by atoms with E-state index >= 15 is 0 Å². The molecule has 1 saturated heterocycles. The number of halogens is 1. The minimum absolute atomic E-state index is 0.0321. The highest BCUT2D eigenvalue weighted by Crippen LogP contribution is 2.22. The molecule has 1 aliphatic heterocycles. The third-order valence-corrected chi connectivity index (χ3v) is 3.48. The molecule has 1 fully saturated rings. The van der Waals surface area contributed by atoms with Crippen LogP contribution in [0.3, 0.4) is 0 Å². The van der Waals surface area contributed by atoms with Crippen molar-refractivity contribution in [3.63, 3.8) is 0 Å². The van der Waals surface area contributed by atoms with Crippen molar-refractivity contribution in [2.45, 2.75) is 32.4 Å². The molecule has 94 valence electrons. The topological polar surface area (TPSA) is 45.5 Å². The summed E-state index contributed by atoms with van der Waals surface area (Å²) >= 11 is 5.92. The number of carbonyl (C=O) groups excluding carboxylic acids is 1. The SMILES string of the molecule is CCn1cc(Cl)cc1C(=O)N1CCC[C@@H]1CO. The Kier molecular flexibility index (Phi) is 3.74. The second-order valence-electron chi connectivity index (χ2n) is 4.31. The fourth-order valence-electron chi connectivity index (χ4n) is 2.36. The van der Waals surface area contributed by atoms with Crippen molar-refractivity contribution in [1.82, 2.24) is 9.47 Å². The fourth-order valence-corrected chi connectivity index (χ4v) is 2.58. The standard InChI is InChI=1S/C12H17ClN2O2/c1-2-14-7-9(13)6-11(14)12(17)15-5-3-4-10(15)8-16/h6-7,10,16H,2-5,8H2,1H3/t10-/m1/s1. The van der Waals surface area contributed by atoms with Crippen LogP contribution in [0.25, 0.3) is 0 Å². The summed E-state index contributed by atoms with van der Waals surface area (Å²) in [5.41, 5.74) is 0.609. The number of hydrogen-bond donors (Lipinski definition) is 1. The molecular formula is C12H17ClN2O2. The molecule has 0 spiro atoms. The van der Waals surface area contributed by atoms with E-state index in [-0.39, 0.29) is 18.6 Å². The number of hydrogen-bond acceptors (Lipinski definition) is 2. The molecule has 1 atom stereocenters. The molecular weight excluding hydrogens is 240 g/mol. The van der Waals surface area contributed by atoms with Gasteiger partial charge in [0.25, 0.3) is 5.91 Å². The third kappa shape index (κ3) is 2.33. The van der Waals surface area contributed by atoms with E-state index < -0.39 is 0 Å². The molecule has 0 radical (unpaired) electrons. The van der Waals surface area contributed by atoms with Gasteiger partial charge in [-0.1, -0.05) is 11.6 Å². The maximum Gasteiger partial charge on any atom is 0.270 e. The molecule has 1 aliphatic rings. The van der Waals surface area contributed by atoms with Crippen molar-refractivity contribution in [2.75, 3.05) is 13.2 Å². The summed E-state index contributed by atoms with van der Waals surface area (Å²) < 4.78 is 1.84. The lowest BCUT2D eigenvalue weighted by Crippen LogP contribution is -2.38. The van der Waals surface area contributed by atoms with Gasteiger partial charge in [-0.25, -0.2) is 0 Å². The van der Waals surface area contributed by atoms with Crippen molar-refractivity contribution < 1.29 is 9.90 Å². The Morgan fingerprint density at radius 1 is 1.65 bits per heavy atom. The number of rotatable bonds is 3. The van der Waals surface area contributed by atoms with E-state index in [4.69, 9.17) is 11.6 Å². The highest BCUT2D eigenvalue weighted by atomic mass is 35.5. The lowest BCUT2D eigenvalue weighted by atomic mass is 10.2. The highest BCUT2D eigenvalue weighted by molar-refractivity contribution is 6.31. The molecule has 1 aromatic heterocycles. The zero-order chi connectivity index (χ0) is 12.4. The van der Waals surface area contributed by atoms with Gasteiger partial charge < -0.3 is 14.6 Å². The predicted octanol–water partition coefficient (Wildman–Crippen LogP) is 1.76. The second kappa shape index (κ2) is 5.10. The van der Waals surface area contributed by atoms with Gasteiger partial charge in [-0.15, -0.1) is 0 Å². The molecule has 2 heterocycles. The Morgan fingerprint density at radius 2 is 2.41 bits per heavy atom. The van der Waals surface area contributed by atoms with Crippen LogP contribution in [0, 0.1) is 0 Å². The molecule has 5 heteroatoms.